The van der Waals surface area contributed by atoms with Gasteiger partial charge in [0.1, 0.15) is 17.0 Å². The van der Waals surface area contributed by atoms with E-state index in [1.165, 1.54) is 18.3 Å². The van der Waals surface area contributed by atoms with E-state index in [1.54, 1.807) is 6.07 Å². The van der Waals surface area contributed by atoms with Crippen LogP contribution in [-0.4, -0.2) is 19.5 Å². The SMILES string of the molecule is Cc1cccc(F)c1C1CCC(c2cc3ncc(C(C)(F)F)nc3n(Cc3ncccc3C(F)(F)F)c2=O)CC1. The van der Waals surface area contributed by atoms with Crippen LogP contribution in [0.25, 0.3) is 11.2 Å². The Bertz CT molecular complexity index is 1600. The molecule has 3 heterocycles. The lowest BCUT2D eigenvalue weighted by molar-refractivity contribution is -0.138. The minimum atomic E-state index is -4.74. The topological polar surface area (TPSA) is 60.7 Å². The summed E-state index contributed by atoms with van der Waals surface area (Å²) in [5.74, 6) is -3.96. The molecule has 0 atom stereocenters. The van der Waals surface area contributed by atoms with Gasteiger partial charge in [0, 0.05) is 18.7 Å². The molecule has 0 amide bonds. The van der Waals surface area contributed by atoms with Crippen LogP contribution in [-0.2, 0) is 18.6 Å². The maximum absolute atomic E-state index is 14.6. The van der Waals surface area contributed by atoms with Crippen LogP contribution in [0.5, 0.6) is 0 Å². The maximum atomic E-state index is 14.6. The second-order valence-electron chi connectivity index (χ2n) is 10.4. The lowest BCUT2D eigenvalue weighted by Crippen LogP contribution is -2.30. The van der Waals surface area contributed by atoms with Crippen LogP contribution in [0.2, 0.25) is 0 Å². The molecule has 1 aromatic carbocycles. The molecule has 1 aliphatic rings. The Hall–Kier alpha value is -3.76. The van der Waals surface area contributed by atoms with Crippen LogP contribution < -0.4 is 5.56 Å². The molecular weight excluding hydrogens is 534 g/mol. The lowest BCUT2D eigenvalue weighted by atomic mass is 9.75. The van der Waals surface area contributed by atoms with E-state index in [9.17, 15) is 31.1 Å². The fourth-order valence-electron chi connectivity index (χ4n) is 5.63. The Labute approximate surface area is 225 Å². The highest BCUT2D eigenvalue weighted by molar-refractivity contribution is 5.71. The number of pyridine rings is 2. The third-order valence-corrected chi connectivity index (χ3v) is 7.62. The van der Waals surface area contributed by atoms with Gasteiger partial charge in [0.15, 0.2) is 5.65 Å². The monoisotopic (exact) mass is 560 g/mol. The first-order valence-electron chi connectivity index (χ1n) is 12.9. The minimum Gasteiger partial charge on any atom is -0.285 e. The standard InChI is InChI=1S/C29H26F6N4O/c1-16-5-3-7-21(30)25(16)18-10-8-17(9-11-18)19-13-22-26(38-24(14-37-22)28(2,31)32)39(27(19)40)15-23-20(29(33,34)35)6-4-12-36-23/h3-7,12-14,17-18H,8-11,15H2,1-2H3. The predicted molar refractivity (Wildman–Crippen MR) is 137 cm³/mol. The number of benzene rings is 1. The van der Waals surface area contributed by atoms with Gasteiger partial charge in [-0.2, -0.15) is 22.0 Å². The third-order valence-electron chi connectivity index (χ3n) is 7.62. The molecular formula is C29H26F6N4O. The molecule has 0 spiro atoms. The number of alkyl halides is 5. The van der Waals surface area contributed by atoms with E-state index in [2.05, 4.69) is 15.0 Å². The smallest absolute Gasteiger partial charge is 0.285 e. The molecule has 40 heavy (non-hydrogen) atoms. The summed E-state index contributed by atoms with van der Waals surface area (Å²) in [6, 6.07) is 8.41. The number of hydrogen-bond acceptors (Lipinski definition) is 4. The zero-order valence-corrected chi connectivity index (χ0v) is 21.8. The Morgan fingerprint density at radius 1 is 0.975 bits per heavy atom. The molecule has 0 unspecified atom stereocenters. The van der Waals surface area contributed by atoms with Crippen molar-refractivity contribution in [3.63, 3.8) is 0 Å². The molecule has 4 aromatic rings. The number of fused-ring (bicyclic) bond motifs is 1. The first-order chi connectivity index (χ1) is 18.8. The van der Waals surface area contributed by atoms with Crippen molar-refractivity contribution in [2.24, 2.45) is 0 Å². The van der Waals surface area contributed by atoms with Crippen molar-refractivity contribution in [2.75, 3.05) is 0 Å². The summed E-state index contributed by atoms with van der Waals surface area (Å²) in [4.78, 5) is 25.7. The molecule has 0 radical (unpaired) electrons. The van der Waals surface area contributed by atoms with E-state index in [0.29, 0.717) is 43.7 Å². The number of aryl methyl sites for hydroxylation is 1. The molecule has 1 saturated carbocycles. The lowest BCUT2D eigenvalue weighted by Gasteiger charge is -2.30. The van der Waals surface area contributed by atoms with Crippen molar-refractivity contribution in [1.29, 1.82) is 0 Å². The molecule has 0 aliphatic heterocycles. The van der Waals surface area contributed by atoms with Crippen molar-refractivity contribution >= 4 is 11.2 Å². The first-order valence-corrected chi connectivity index (χ1v) is 12.9. The van der Waals surface area contributed by atoms with Gasteiger partial charge < -0.3 is 0 Å². The minimum absolute atomic E-state index is 0.0304. The van der Waals surface area contributed by atoms with E-state index in [-0.39, 0.29) is 28.8 Å². The van der Waals surface area contributed by atoms with Crippen molar-refractivity contribution in [1.82, 2.24) is 19.5 Å². The van der Waals surface area contributed by atoms with Crippen LogP contribution in [0, 0.1) is 12.7 Å². The number of rotatable bonds is 5. The highest BCUT2D eigenvalue weighted by Crippen LogP contribution is 2.42. The van der Waals surface area contributed by atoms with Crippen LogP contribution in [0.15, 0.2) is 53.6 Å². The Morgan fingerprint density at radius 3 is 2.33 bits per heavy atom. The largest absolute Gasteiger partial charge is 0.418 e. The highest BCUT2D eigenvalue weighted by Gasteiger charge is 2.35. The van der Waals surface area contributed by atoms with E-state index in [4.69, 9.17) is 0 Å². The van der Waals surface area contributed by atoms with Crippen LogP contribution in [0.4, 0.5) is 26.3 Å². The maximum Gasteiger partial charge on any atom is 0.418 e. The second kappa shape index (κ2) is 10.3. The van der Waals surface area contributed by atoms with Crippen molar-refractivity contribution < 1.29 is 26.3 Å². The van der Waals surface area contributed by atoms with Gasteiger partial charge in [-0.15, -0.1) is 0 Å². The van der Waals surface area contributed by atoms with Gasteiger partial charge in [0.05, 0.1) is 24.0 Å². The van der Waals surface area contributed by atoms with Crippen molar-refractivity contribution in [2.45, 2.75) is 70.0 Å². The molecule has 3 aromatic heterocycles. The number of nitrogens with zero attached hydrogens (tertiary/aromatic N) is 4. The van der Waals surface area contributed by atoms with Gasteiger partial charge in [-0.05, 0) is 79.8 Å². The predicted octanol–water partition coefficient (Wildman–Crippen LogP) is 7.25. The zero-order valence-electron chi connectivity index (χ0n) is 21.8. The third kappa shape index (κ3) is 5.33. The molecule has 0 saturated heterocycles. The second-order valence-corrected chi connectivity index (χ2v) is 10.4. The zero-order chi connectivity index (χ0) is 28.8. The van der Waals surface area contributed by atoms with Crippen LogP contribution in [0.3, 0.4) is 0 Å². The molecule has 1 fully saturated rings. The summed E-state index contributed by atoms with van der Waals surface area (Å²) in [6.45, 7) is 1.85. The Morgan fingerprint density at radius 2 is 1.68 bits per heavy atom. The number of hydrogen-bond donors (Lipinski definition) is 0. The first kappa shape index (κ1) is 27.8. The van der Waals surface area contributed by atoms with E-state index < -0.39 is 41.2 Å². The normalized spacial score (nSPS) is 18.3. The van der Waals surface area contributed by atoms with E-state index in [0.717, 1.165) is 28.5 Å². The van der Waals surface area contributed by atoms with E-state index >= 15 is 0 Å². The average molecular weight is 561 g/mol. The Balaban J connectivity index is 1.58. The molecule has 210 valence electrons. The summed E-state index contributed by atoms with van der Waals surface area (Å²) < 4.78 is 84.8. The summed E-state index contributed by atoms with van der Waals surface area (Å²) in [5, 5.41) is 0. The molecule has 5 nitrogen and oxygen atoms in total. The van der Waals surface area contributed by atoms with Crippen LogP contribution >= 0.6 is 0 Å². The van der Waals surface area contributed by atoms with Gasteiger partial charge in [-0.3, -0.25) is 19.3 Å². The summed E-state index contributed by atoms with van der Waals surface area (Å²) in [7, 11) is 0. The molecule has 11 heteroatoms. The average Bonchev–Trinajstić information content (AvgIpc) is 2.89. The molecule has 5 rings (SSSR count). The summed E-state index contributed by atoms with van der Waals surface area (Å²) >= 11 is 0. The fourth-order valence-corrected chi connectivity index (χ4v) is 5.63. The van der Waals surface area contributed by atoms with Gasteiger partial charge in [0.2, 0.25) is 0 Å². The van der Waals surface area contributed by atoms with Crippen LogP contribution in [0.1, 0.15) is 78.1 Å². The fraction of sp³-hybridized carbons (Fsp3) is 0.379. The summed E-state index contributed by atoms with van der Waals surface area (Å²) in [6.07, 6.45) is -0.378. The molecule has 0 bridgehead atoms. The van der Waals surface area contributed by atoms with Gasteiger partial charge in [0.25, 0.3) is 11.5 Å². The highest BCUT2D eigenvalue weighted by atomic mass is 19.4. The van der Waals surface area contributed by atoms with Gasteiger partial charge >= 0.3 is 6.18 Å². The molecule has 1 aliphatic carbocycles. The van der Waals surface area contributed by atoms with Crippen molar-refractivity contribution in [3.05, 3.63) is 98.6 Å². The summed E-state index contributed by atoms with van der Waals surface area (Å²) in [5.41, 5.74) is -1.14. The Kier molecular flexibility index (Phi) is 7.18. The van der Waals surface area contributed by atoms with Crippen molar-refractivity contribution in [3.8, 4) is 0 Å². The number of halogens is 6. The van der Waals surface area contributed by atoms with Gasteiger partial charge in [-0.1, -0.05) is 12.1 Å². The number of aromatic nitrogens is 4. The van der Waals surface area contributed by atoms with E-state index in [1.807, 2.05) is 13.0 Å². The molecule has 0 N–H and O–H groups in total. The van der Waals surface area contributed by atoms with Gasteiger partial charge in [-0.25, -0.2) is 9.37 Å². The quantitative estimate of drug-likeness (QED) is 0.241.